The highest BCUT2D eigenvalue weighted by molar-refractivity contribution is 5.93. The zero-order valence-electron chi connectivity index (χ0n) is 18.4. The van der Waals surface area contributed by atoms with Gasteiger partial charge < -0.3 is 9.47 Å². The number of carbonyl (C=O) groups is 1. The molecule has 0 amide bonds. The van der Waals surface area contributed by atoms with Crippen molar-refractivity contribution in [2.75, 3.05) is 26.3 Å². The fourth-order valence-electron chi connectivity index (χ4n) is 4.65. The van der Waals surface area contributed by atoms with Crippen molar-refractivity contribution in [2.24, 2.45) is 11.8 Å². The molecule has 1 saturated heterocycles. The summed E-state index contributed by atoms with van der Waals surface area (Å²) in [6.07, 6.45) is 6.45. The molecule has 0 spiro atoms. The monoisotopic (exact) mass is 418 g/mol. The number of piperidine rings is 1. The quantitative estimate of drug-likeness (QED) is 0.234. The van der Waals surface area contributed by atoms with E-state index in [4.69, 9.17) is 9.47 Å². The minimum Gasteiger partial charge on any atom is -0.492 e. The van der Waals surface area contributed by atoms with Crippen LogP contribution in [0.15, 0.2) is 18.2 Å². The number of nitrogens with zero attached hydrogens (tertiary/aromatic N) is 2. The number of nitro groups is 1. The number of ether oxygens (including phenoxy) is 2. The van der Waals surface area contributed by atoms with Crippen LogP contribution in [-0.2, 0) is 4.74 Å². The summed E-state index contributed by atoms with van der Waals surface area (Å²) in [6, 6.07) is 4.10. The van der Waals surface area contributed by atoms with E-state index in [0.717, 1.165) is 32.4 Å². The third-order valence-corrected chi connectivity index (χ3v) is 6.50. The van der Waals surface area contributed by atoms with Gasteiger partial charge in [-0.05, 0) is 56.7 Å². The van der Waals surface area contributed by atoms with E-state index in [2.05, 4.69) is 18.7 Å². The highest BCUT2D eigenvalue weighted by Crippen LogP contribution is 2.53. The molecular weight excluding hydrogens is 384 g/mol. The molecule has 2 aliphatic rings. The molecule has 166 valence electrons. The van der Waals surface area contributed by atoms with Gasteiger partial charge in [0.05, 0.1) is 23.1 Å². The van der Waals surface area contributed by atoms with Crippen LogP contribution in [0.4, 0.5) is 5.69 Å². The predicted molar refractivity (Wildman–Crippen MR) is 115 cm³/mol. The Morgan fingerprint density at radius 3 is 2.63 bits per heavy atom. The van der Waals surface area contributed by atoms with Crippen LogP contribution >= 0.6 is 0 Å². The van der Waals surface area contributed by atoms with Crippen LogP contribution in [0.5, 0.6) is 5.75 Å². The Kier molecular flexibility index (Phi) is 7.34. The van der Waals surface area contributed by atoms with Gasteiger partial charge in [0.15, 0.2) is 0 Å². The second kappa shape index (κ2) is 9.77. The highest BCUT2D eigenvalue weighted by atomic mass is 16.6. The first-order chi connectivity index (χ1) is 14.4. The molecule has 2 fully saturated rings. The van der Waals surface area contributed by atoms with Crippen molar-refractivity contribution in [1.29, 1.82) is 0 Å². The average Bonchev–Trinajstić information content (AvgIpc) is 3.49. The van der Waals surface area contributed by atoms with Gasteiger partial charge in [-0.1, -0.05) is 33.6 Å². The van der Waals surface area contributed by atoms with E-state index in [1.54, 1.807) is 0 Å². The first-order valence-corrected chi connectivity index (χ1v) is 11.2. The first kappa shape index (κ1) is 22.5. The molecule has 0 radical (unpaired) electrons. The van der Waals surface area contributed by atoms with Gasteiger partial charge in [0, 0.05) is 6.07 Å². The van der Waals surface area contributed by atoms with Gasteiger partial charge in [-0.25, -0.2) is 4.79 Å². The van der Waals surface area contributed by atoms with E-state index in [9.17, 15) is 14.9 Å². The maximum absolute atomic E-state index is 12.9. The average molecular weight is 419 g/mol. The van der Waals surface area contributed by atoms with Gasteiger partial charge in [0.2, 0.25) is 0 Å². The van der Waals surface area contributed by atoms with Gasteiger partial charge in [0.1, 0.15) is 17.9 Å². The molecule has 2 unspecified atom stereocenters. The number of benzene rings is 1. The largest absolute Gasteiger partial charge is 0.492 e. The van der Waals surface area contributed by atoms with Crippen molar-refractivity contribution in [2.45, 2.75) is 64.8 Å². The van der Waals surface area contributed by atoms with Gasteiger partial charge in [-0.3, -0.25) is 15.0 Å². The third-order valence-electron chi connectivity index (χ3n) is 6.50. The summed E-state index contributed by atoms with van der Waals surface area (Å²) >= 11 is 0. The van der Waals surface area contributed by atoms with Gasteiger partial charge >= 0.3 is 5.97 Å². The number of unbranched alkanes of at least 4 members (excludes halogenated alkanes) is 1. The number of non-ortho nitro benzene ring substituents is 1. The fraction of sp³-hybridized carbons (Fsp3) is 0.696. The lowest BCUT2D eigenvalue weighted by atomic mass is 10.0. The van der Waals surface area contributed by atoms with Crippen LogP contribution in [-0.4, -0.2) is 47.6 Å². The Labute approximate surface area is 178 Å². The Balaban J connectivity index is 1.73. The Morgan fingerprint density at radius 2 is 2.03 bits per heavy atom. The summed E-state index contributed by atoms with van der Waals surface area (Å²) in [6.45, 7) is 9.38. The van der Waals surface area contributed by atoms with Crippen molar-refractivity contribution < 1.29 is 19.2 Å². The SMILES string of the molecule is CCCCOc1cc([N+](=O)[O-])ccc1C(=O)OCC1(N2CCCCC2)CC1C(C)C. The van der Waals surface area contributed by atoms with Crippen molar-refractivity contribution in [3.8, 4) is 5.75 Å². The standard InChI is InChI=1S/C23H34N2O5/c1-4-5-13-29-21-14-18(25(27)28)9-10-19(21)22(26)30-16-23(15-20(23)17(2)3)24-11-7-6-8-12-24/h9-10,14,17,20H,4-8,11-13,15-16H2,1-3H3. The molecule has 30 heavy (non-hydrogen) atoms. The van der Waals surface area contributed by atoms with Crippen molar-refractivity contribution in [1.82, 2.24) is 4.90 Å². The summed E-state index contributed by atoms with van der Waals surface area (Å²) in [5.41, 5.74) is 0.103. The fourth-order valence-corrected chi connectivity index (χ4v) is 4.65. The van der Waals surface area contributed by atoms with E-state index in [-0.39, 0.29) is 22.5 Å². The van der Waals surface area contributed by atoms with Crippen LogP contribution in [0, 0.1) is 22.0 Å². The van der Waals surface area contributed by atoms with Crippen LogP contribution in [0.25, 0.3) is 0 Å². The molecule has 7 heteroatoms. The van der Waals surface area contributed by atoms with Crippen LogP contribution in [0.3, 0.4) is 0 Å². The van der Waals surface area contributed by atoms with E-state index in [1.165, 1.54) is 37.5 Å². The number of nitro benzene ring substituents is 1. The number of carbonyl (C=O) groups excluding carboxylic acids is 1. The summed E-state index contributed by atoms with van der Waals surface area (Å²) in [7, 11) is 0. The maximum Gasteiger partial charge on any atom is 0.341 e. The van der Waals surface area contributed by atoms with Crippen molar-refractivity contribution in [3.05, 3.63) is 33.9 Å². The summed E-state index contributed by atoms with van der Waals surface area (Å²) in [5, 5.41) is 11.1. The van der Waals surface area contributed by atoms with Crippen LogP contribution < -0.4 is 4.74 Å². The van der Waals surface area contributed by atoms with Gasteiger partial charge in [0.25, 0.3) is 5.69 Å². The molecular formula is C23H34N2O5. The molecule has 2 atom stereocenters. The Hall–Kier alpha value is -2.15. The Bertz CT molecular complexity index is 760. The second-order valence-electron chi connectivity index (χ2n) is 8.92. The van der Waals surface area contributed by atoms with E-state index < -0.39 is 10.9 Å². The zero-order chi connectivity index (χ0) is 21.7. The molecule has 1 aliphatic heterocycles. The predicted octanol–water partition coefficient (Wildman–Crippen LogP) is 4.83. The number of hydrogen-bond acceptors (Lipinski definition) is 6. The van der Waals surface area contributed by atoms with E-state index in [1.807, 2.05) is 6.92 Å². The van der Waals surface area contributed by atoms with E-state index in [0.29, 0.717) is 25.0 Å². The van der Waals surface area contributed by atoms with Crippen molar-refractivity contribution in [3.63, 3.8) is 0 Å². The number of esters is 1. The molecule has 1 aromatic carbocycles. The molecule has 1 aliphatic carbocycles. The second-order valence-corrected chi connectivity index (χ2v) is 8.92. The molecule has 1 aromatic rings. The summed E-state index contributed by atoms with van der Waals surface area (Å²) < 4.78 is 11.5. The summed E-state index contributed by atoms with van der Waals surface area (Å²) in [4.78, 5) is 26.1. The molecule has 0 bridgehead atoms. The molecule has 1 saturated carbocycles. The maximum atomic E-state index is 12.9. The first-order valence-electron chi connectivity index (χ1n) is 11.2. The number of hydrogen-bond donors (Lipinski definition) is 0. The van der Waals surface area contributed by atoms with Gasteiger partial charge in [-0.15, -0.1) is 0 Å². The van der Waals surface area contributed by atoms with Crippen LogP contribution in [0.1, 0.15) is 69.7 Å². The van der Waals surface area contributed by atoms with Gasteiger partial charge in [-0.2, -0.15) is 0 Å². The molecule has 0 aromatic heterocycles. The minimum atomic E-state index is -0.482. The lowest BCUT2D eigenvalue weighted by molar-refractivity contribution is -0.384. The summed E-state index contributed by atoms with van der Waals surface area (Å²) in [5.74, 6) is 0.826. The third kappa shape index (κ3) is 4.94. The molecule has 0 N–H and O–H groups in total. The van der Waals surface area contributed by atoms with Crippen molar-refractivity contribution >= 4 is 11.7 Å². The smallest absolute Gasteiger partial charge is 0.341 e. The highest BCUT2D eigenvalue weighted by Gasteiger charge is 2.59. The number of likely N-dealkylation sites (tertiary alicyclic amines) is 1. The zero-order valence-corrected chi connectivity index (χ0v) is 18.4. The lowest BCUT2D eigenvalue weighted by Gasteiger charge is -2.36. The molecule has 1 heterocycles. The van der Waals surface area contributed by atoms with E-state index >= 15 is 0 Å². The number of rotatable bonds is 10. The molecule has 7 nitrogen and oxygen atoms in total. The normalized spacial score (nSPS) is 23.9. The molecule has 3 rings (SSSR count). The Morgan fingerprint density at radius 1 is 1.30 bits per heavy atom. The lowest BCUT2D eigenvalue weighted by Crippen LogP contribution is -2.46. The minimum absolute atomic E-state index is 0.0613. The van der Waals surface area contributed by atoms with Crippen LogP contribution in [0.2, 0.25) is 0 Å². The topological polar surface area (TPSA) is 81.9 Å².